The van der Waals surface area contributed by atoms with E-state index in [-0.39, 0.29) is 24.0 Å². The van der Waals surface area contributed by atoms with Gasteiger partial charge in [0.25, 0.3) is 0 Å². The molecule has 2 heterocycles. The predicted molar refractivity (Wildman–Crippen MR) is 106 cm³/mol. The number of amides is 2. The largest absolute Gasteiger partial charge is 0.573 e. The first-order valence-electron chi connectivity index (χ1n) is 9.03. The van der Waals surface area contributed by atoms with E-state index in [1.807, 2.05) is 6.08 Å². The predicted octanol–water partition coefficient (Wildman–Crippen LogP) is 4.76. The second-order valence-corrected chi connectivity index (χ2v) is 7.12. The number of rotatable bonds is 4. The zero-order valence-electron chi connectivity index (χ0n) is 16.0. The molecular weight excluding hydrogens is 423 g/mol. The quantitative estimate of drug-likeness (QED) is 0.717. The Morgan fingerprint density at radius 2 is 2.13 bits per heavy atom. The molecule has 0 spiro atoms. The van der Waals surface area contributed by atoms with Crippen LogP contribution in [0.3, 0.4) is 0 Å². The Labute approximate surface area is 175 Å². The number of carbonyl (C=O) groups excluding carboxylic acids is 1. The first kappa shape index (κ1) is 21.9. The Hall–Kier alpha value is -2.78. The molecule has 0 saturated carbocycles. The van der Waals surface area contributed by atoms with Gasteiger partial charge in [0.15, 0.2) is 0 Å². The van der Waals surface area contributed by atoms with Crippen LogP contribution in [0, 0.1) is 6.92 Å². The van der Waals surface area contributed by atoms with Crippen molar-refractivity contribution in [2.75, 3.05) is 18.4 Å². The molecule has 0 fully saturated rings. The minimum atomic E-state index is -4.77. The number of hydrogen-bond donors (Lipinski definition) is 2. The van der Waals surface area contributed by atoms with Gasteiger partial charge in [-0.1, -0.05) is 17.7 Å². The lowest BCUT2D eigenvalue weighted by molar-refractivity contribution is -0.274. The van der Waals surface area contributed by atoms with Crippen LogP contribution in [-0.4, -0.2) is 40.5 Å². The Bertz CT molecular complexity index is 979. The monoisotopic (exact) mass is 441 g/mol. The number of halogens is 4. The summed E-state index contributed by atoms with van der Waals surface area (Å²) in [7, 11) is 0. The number of anilines is 1. The van der Waals surface area contributed by atoms with Gasteiger partial charge in [0.2, 0.25) is 0 Å². The first-order valence-corrected chi connectivity index (χ1v) is 9.41. The standard InChI is InChI=1S/C20H19ClF3N3O3/c1-12-8-15(2-3-17(12)30-20(22,23)24)26-19(29)27-6-4-14(5-7-27)18-16(21)9-13(11-28)10-25-18/h2-4,8-10,28H,5-7,11H2,1H3,(H,26,29). The zero-order chi connectivity index (χ0) is 21.9. The molecule has 2 amide bonds. The molecule has 0 atom stereocenters. The van der Waals surface area contributed by atoms with E-state index in [0.29, 0.717) is 41.5 Å². The van der Waals surface area contributed by atoms with Gasteiger partial charge >= 0.3 is 12.4 Å². The number of pyridine rings is 1. The van der Waals surface area contributed by atoms with Crippen LogP contribution in [-0.2, 0) is 6.61 Å². The van der Waals surface area contributed by atoms with E-state index < -0.39 is 6.36 Å². The van der Waals surface area contributed by atoms with Crippen molar-refractivity contribution >= 4 is 28.9 Å². The maximum Gasteiger partial charge on any atom is 0.573 e. The average molecular weight is 442 g/mol. The van der Waals surface area contributed by atoms with Crippen molar-refractivity contribution in [1.29, 1.82) is 0 Å². The van der Waals surface area contributed by atoms with E-state index in [4.69, 9.17) is 16.7 Å². The molecule has 30 heavy (non-hydrogen) atoms. The Morgan fingerprint density at radius 1 is 1.37 bits per heavy atom. The minimum absolute atomic E-state index is 0.150. The number of hydrogen-bond acceptors (Lipinski definition) is 4. The van der Waals surface area contributed by atoms with Crippen molar-refractivity contribution in [3.8, 4) is 5.75 Å². The molecule has 0 aliphatic carbocycles. The molecule has 1 aromatic heterocycles. The normalized spacial score (nSPS) is 14.3. The number of aromatic nitrogens is 1. The van der Waals surface area contributed by atoms with Crippen LogP contribution in [0.5, 0.6) is 5.75 Å². The lowest BCUT2D eigenvalue weighted by Crippen LogP contribution is -2.38. The fourth-order valence-electron chi connectivity index (χ4n) is 3.04. The van der Waals surface area contributed by atoms with Crippen LogP contribution in [0.25, 0.3) is 5.57 Å². The average Bonchev–Trinajstić information content (AvgIpc) is 2.69. The molecule has 2 aromatic rings. The third-order valence-electron chi connectivity index (χ3n) is 4.53. The third-order valence-corrected chi connectivity index (χ3v) is 4.82. The van der Waals surface area contributed by atoms with Gasteiger partial charge in [0.05, 0.1) is 17.3 Å². The number of carbonyl (C=O) groups is 1. The Morgan fingerprint density at radius 3 is 2.70 bits per heavy atom. The van der Waals surface area contributed by atoms with E-state index in [2.05, 4.69) is 15.0 Å². The summed E-state index contributed by atoms with van der Waals surface area (Å²) in [5.74, 6) is -0.317. The third kappa shape index (κ3) is 5.43. The molecule has 6 nitrogen and oxygen atoms in total. The van der Waals surface area contributed by atoms with Gasteiger partial charge in [-0.25, -0.2) is 4.79 Å². The first-order chi connectivity index (χ1) is 14.2. The number of nitrogens with zero attached hydrogens (tertiary/aromatic N) is 2. The van der Waals surface area contributed by atoms with E-state index in [9.17, 15) is 18.0 Å². The van der Waals surface area contributed by atoms with Crippen LogP contribution in [0.15, 0.2) is 36.5 Å². The van der Waals surface area contributed by atoms with Crippen LogP contribution >= 0.6 is 11.6 Å². The van der Waals surface area contributed by atoms with E-state index in [0.717, 1.165) is 11.6 Å². The molecule has 3 rings (SSSR count). The number of aliphatic hydroxyl groups is 1. The Balaban J connectivity index is 1.63. The lowest BCUT2D eigenvalue weighted by atomic mass is 10.0. The molecule has 0 bridgehead atoms. The zero-order valence-corrected chi connectivity index (χ0v) is 16.7. The summed E-state index contributed by atoms with van der Waals surface area (Å²) in [5, 5.41) is 12.2. The SMILES string of the molecule is Cc1cc(NC(=O)N2CC=C(c3ncc(CO)cc3Cl)CC2)ccc1OC(F)(F)F. The topological polar surface area (TPSA) is 74.7 Å². The highest BCUT2D eigenvalue weighted by molar-refractivity contribution is 6.32. The maximum absolute atomic E-state index is 12.5. The van der Waals surface area contributed by atoms with Gasteiger partial charge in [0, 0.05) is 25.0 Å². The van der Waals surface area contributed by atoms with Crippen LogP contribution in [0.1, 0.15) is 23.2 Å². The van der Waals surface area contributed by atoms with E-state index in [1.54, 1.807) is 17.2 Å². The smallest absolute Gasteiger partial charge is 0.406 e. The number of aliphatic hydroxyl groups excluding tert-OH is 1. The summed E-state index contributed by atoms with van der Waals surface area (Å²) in [4.78, 5) is 18.3. The molecule has 0 saturated heterocycles. The molecule has 1 aliphatic rings. The number of alkyl halides is 3. The van der Waals surface area contributed by atoms with E-state index >= 15 is 0 Å². The van der Waals surface area contributed by atoms with Crippen LogP contribution in [0.2, 0.25) is 5.02 Å². The molecular formula is C20H19ClF3N3O3. The second kappa shape index (κ2) is 8.93. The van der Waals surface area contributed by atoms with Crippen molar-refractivity contribution in [2.24, 2.45) is 0 Å². The summed E-state index contributed by atoms with van der Waals surface area (Å²) in [6.45, 7) is 2.06. The van der Waals surface area contributed by atoms with Crippen molar-refractivity contribution in [2.45, 2.75) is 26.3 Å². The molecule has 1 aromatic carbocycles. The number of ether oxygens (including phenoxy) is 1. The van der Waals surface area contributed by atoms with Crippen LogP contribution in [0.4, 0.5) is 23.7 Å². The summed E-state index contributed by atoms with van der Waals surface area (Å²) in [6.07, 6.45) is -0.837. The van der Waals surface area contributed by atoms with Gasteiger partial charge in [-0.15, -0.1) is 13.2 Å². The molecule has 160 valence electrons. The number of nitrogens with one attached hydrogen (secondary N) is 1. The van der Waals surface area contributed by atoms with Gasteiger partial charge in [-0.2, -0.15) is 0 Å². The van der Waals surface area contributed by atoms with Gasteiger partial charge < -0.3 is 20.1 Å². The van der Waals surface area contributed by atoms with Gasteiger partial charge in [0.1, 0.15) is 5.75 Å². The summed E-state index contributed by atoms with van der Waals surface area (Å²) in [5.41, 5.74) is 2.75. The summed E-state index contributed by atoms with van der Waals surface area (Å²) in [6, 6.07) is 5.21. The highest BCUT2D eigenvalue weighted by Crippen LogP contribution is 2.29. The number of aryl methyl sites for hydroxylation is 1. The summed E-state index contributed by atoms with van der Waals surface area (Å²) < 4.78 is 41.0. The van der Waals surface area contributed by atoms with Crippen LogP contribution < -0.4 is 10.1 Å². The van der Waals surface area contributed by atoms with Gasteiger partial charge in [-0.3, -0.25) is 4.98 Å². The molecule has 10 heteroatoms. The van der Waals surface area contributed by atoms with Gasteiger partial charge in [-0.05, 0) is 54.3 Å². The van der Waals surface area contributed by atoms with Crippen molar-refractivity contribution in [3.05, 3.63) is 58.4 Å². The maximum atomic E-state index is 12.5. The Kier molecular flexibility index (Phi) is 6.52. The van der Waals surface area contributed by atoms with E-state index in [1.165, 1.54) is 19.1 Å². The second-order valence-electron chi connectivity index (χ2n) is 6.72. The fourth-order valence-corrected chi connectivity index (χ4v) is 3.35. The van der Waals surface area contributed by atoms with Crippen molar-refractivity contribution in [1.82, 2.24) is 9.88 Å². The highest BCUT2D eigenvalue weighted by Gasteiger charge is 2.31. The fraction of sp³-hybridized carbons (Fsp3) is 0.300. The minimum Gasteiger partial charge on any atom is -0.406 e. The molecule has 0 radical (unpaired) electrons. The molecule has 1 aliphatic heterocycles. The summed E-state index contributed by atoms with van der Waals surface area (Å²) >= 11 is 6.23. The highest BCUT2D eigenvalue weighted by atomic mass is 35.5. The van der Waals surface area contributed by atoms with Crippen molar-refractivity contribution < 1.29 is 27.8 Å². The number of urea groups is 1. The number of benzene rings is 1. The van der Waals surface area contributed by atoms with Crippen molar-refractivity contribution in [3.63, 3.8) is 0 Å². The lowest BCUT2D eigenvalue weighted by Gasteiger charge is -2.27. The molecule has 2 N–H and O–H groups in total. The molecule has 0 unspecified atom stereocenters.